The van der Waals surface area contributed by atoms with Crippen LogP contribution in [0.15, 0.2) is 109 Å². The molecule has 0 aliphatic heterocycles. The highest BCUT2D eigenvalue weighted by Crippen LogP contribution is 2.61. The molecule has 4 heteroatoms. The molecule has 54 heavy (non-hydrogen) atoms. The molecule has 0 spiro atoms. The van der Waals surface area contributed by atoms with Gasteiger partial charge in [0.05, 0.1) is 50.9 Å². The van der Waals surface area contributed by atoms with Gasteiger partial charge >= 0.3 is 0 Å². The Balaban J connectivity index is 1.25. The van der Waals surface area contributed by atoms with E-state index in [2.05, 4.69) is 124 Å². The molecular weight excluding hydrogens is 657 g/mol. The number of para-hydroxylation sites is 2. The Morgan fingerprint density at radius 2 is 1.13 bits per heavy atom. The van der Waals surface area contributed by atoms with Crippen molar-refractivity contribution >= 4 is 76.2 Å². The third-order valence-electron chi connectivity index (χ3n) is 14.7. The summed E-state index contributed by atoms with van der Waals surface area (Å²) < 4.78 is 5.11. The zero-order valence-electron chi connectivity index (χ0n) is 29.3. The largest absolute Gasteiger partial charge is 0.308 e. The number of benzene rings is 6. The second-order valence-electron chi connectivity index (χ2n) is 16.7. The number of hydrogen-bond donors (Lipinski definition) is 0. The fourth-order valence-electron chi connectivity index (χ4n) is 12.9. The van der Waals surface area contributed by atoms with E-state index in [1.165, 1.54) is 141 Å². The van der Waals surface area contributed by atoms with E-state index < -0.39 is 0 Å². The van der Waals surface area contributed by atoms with Crippen LogP contribution in [0.3, 0.4) is 0 Å². The summed E-state index contributed by atoms with van der Waals surface area (Å²) in [5.74, 6) is 1.17. The molecule has 0 saturated heterocycles. The van der Waals surface area contributed by atoms with E-state index in [0.717, 1.165) is 11.1 Å². The minimum Gasteiger partial charge on any atom is -0.308 e. The average Bonchev–Trinajstić information content (AvgIpc) is 3.97. The summed E-state index contributed by atoms with van der Waals surface area (Å²) in [7, 11) is 0. The van der Waals surface area contributed by atoms with E-state index in [0.29, 0.717) is 11.8 Å². The van der Waals surface area contributed by atoms with E-state index >= 15 is 0 Å². The molecule has 4 nitrogen and oxygen atoms in total. The lowest BCUT2D eigenvalue weighted by atomic mass is 9.59. The molecule has 11 aromatic rings. The lowest BCUT2D eigenvalue weighted by molar-refractivity contribution is 0.353. The summed E-state index contributed by atoms with van der Waals surface area (Å²) in [5.41, 5.74) is 19.1. The van der Waals surface area contributed by atoms with Gasteiger partial charge in [-0.2, -0.15) is 5.26 Å². The van der Waals surface area contributed by atoms with Gasteiger partial charge in [-0.25, -0.2) is 0 Å². The molecule has 0 unspecified atom stereocenters. The van der Waals surface area contributed by atoms with Gasteiger partial charge in [0.25, 0.3) is 0 Å². The van der Waals surface area contributed by atoms with Gasteiger partial charge in [0.15, 0.2) is 0 Å². The standard InChI is InChI=1S/C50H30N4/c51-22-26-20-36-45(46-39(26)41-28-9-1-3-11-30(28)42(46)31-12-4-2-10-29(31)41)47-43-33-14-7-13-32-27-8-5-6-15-35(27)53(49(32)33)37(43)21-34-44-38(54(36)50(34)47)23-52-48-25-18-16-24(17-19-25)40(44)48/h1-15,20-21,23-25,41-42H,16-19H2. The topological polar surface area (TPSA) is 45.5 Å². The normalized spacial score (nSPS) is 21.0. The number of pyridine rings is 1. The summed E-state index contributed by atoms with van der Waals surface area (Å²) >= 11 is 0. The molecule has 5 aromatic heterocycles. The van der Waals surface area contributed by atoms with Crippen molar-refractivity contribution in [1.82, 2.24) is 13.8 Å². The quantitative estimate of drug-likeness (QED) is 0.159. The Kier molecular flexibility index (Phi) is 4.45. The number of fused-ring (bicyclic) bond motifs is 15. The van der Waals surface area contributed by atoms with E-state index in [4.69, 9.17) is 4.98 Å². The molecule has 0 N–H and O–H groups in total. The highest BCUT2D eigenvalue weighted by molar-refractivity contribution is 6.38. The SMILES string of the molecule is N#Cc1cc2c(c3c1C1c4ccccc4C3c3ccccc31)c1c3c4cccc5c6ccccc6n(c3cc3c6c7c(ncc6n2c31)C1CCC7CC1)c54. The van der Waals surface area contributed by atoms with Gasteiger partial charge in [0.1, 0.15) is 0 Å². The van der Waals surface area contributed by atoms with Crippen molar-refractivity contribution in [3.05, 3.63) is 160 Å². The van der Waals surface area contributed by atoms with Crippen molar-refractivity contribution in [3.8, 4) is 6.07 Å². The van der Waals surface area contributed by atoms with Gasteiger partial charge < -0.3 is 8.80 Å². The zero-order chi connectivity index (χ0) is 34.7. The molecule has 5 heterocycles. The summed E-state index contributed by atoms with van der Waals surface area (Å²) in [6, 6.07) is 41.5. The molecule has 0 atom stereocenters. The van der Waals surface area contributed by atoms with Gasteiger partial charge in [0.2, 0.25) is 0 Å². The Morgan fingerprint density at radius 3 is 1.89 bits per heavy atom. The van der Waals surface area contributed by atoms with Crippen molar-refractivity contribution < 1.29 is 0 Å². The van der Waals surface area contributed by atoms with Gasteiger partial charge in [-0.1, -0.05) is 84.9 Å². The van der Waals surface area contributed by atoms with E-state index in [1.807, 2.05) is 0 Å². The molecule has 0 amide bonds. The highest BCUT2D eigenvalue weighted by atomic mass is 15.0. The second kappa shape index (κ2) is 8.84. The zero-order valence-corrected chi connectivity index (χ0v) is 29.3. The summed E-state index contributed by atoms with van der Waals surface area (Å²) in [4.78, 5) is 5.35. The maximum atomic E-state index is 11.1. The van der Waals surface area contributed by atoms with Crippen molar-refractivity contribution in [2.45, 2.75) is 49.4 Å². The number of aromatic nitrogens is 3. The van der Waals surface area contributed by atoms with Crippen LogP contribution in [0.2, 0.25) is 0 Å². The predicted molar refractivity (Wildman–Crippen MR) is 217 cm³/mol. The fraction of sp³-hybridized carbons (Fsp3) is 0.160. The Morgan fingerprint density at radius 1 is 0.500 bits per heavy atom. The Labute approximate surface area is 309 Å². The highest BCUT2D eigenvalue weighted by Gasteiger charge is 2.45. The van der Waals surface area contributed by atoms with E-state index in [-0.39, 0.29) is 11.8 Å². The number of hydrogen-bond acceptors (Lipinski definition) is 2. The van der Waals surface area contributed by atoms with Crippen LogP contribution in [0.25, 0.3) is 76.2 Å². The molecule has 4 bridgehead atoms. The van der Waals surface area contributed by atoms with Crippen molar-refractivity contribution in [2.75, 3.05) is 0 Å². The Hall–Kier alpha value is -6.44. The number of nitriles is 1. The molecule has 6 aromatic carbocycles. The van der Waals surface area contributed by atoms with Crippen molar-refractivity contribution in [2.24, 2.45) is 0 Å². The van der Waals surface area contributed by atoms with Gasteiger partial charge in [0, 0.05) is 66.5 Å². The first-order valence-corrected chi connectivity index (χ1v) is 19.7. The van der Waals surface area contributed by atoms with Gasteiger partial charge in [-0.15, -0.1) is 0 Å². The first-order valence-electron chi connectivity index (χ1n) is 19.7. The lowest BCUT2D eigenvalue weighted by Gasteiger charge is -2.43. The molecule has 250 valence electrons. The van der Waals surface area contributed by atoms with Crippen molar-refractivity contribution in [3.63, 3.8) is 0 Å². The molecule has 6 aliphatic carbocycles. The fourth-order valence-corrected chi connectivity index (χ4v) is 12.9. The van der Waals surface area contributed by atoms with Gasteiger partial charge in [-0.05, 0) is 88.7 Å². The monoisotopic (exact) mass is 686 g/mol. The van der Waals surface area contributed by atoms with Crippen LogP contribution in [-0.2, 0) is 0 Å². The average molecular weight is 687 g/mol. The summed E-state index contributed by atoms with van der Waals surface area (Å²) in [5, 5.41) is 21.8. The third-order valence-corrected chi connectivity index (χ3v) is 14.7. The number of nitrogens with zero attached hydrogens (tertiary/aromatic N) is 4. The van der Waals surface area contributed by atoms with Crippen molar-refractivity contribution in [1.29, 1.82) is 5.26 Å². The first kappa shape index (κ1) is 27.2. The third kappa shape index (κ3) is 2.74. The van der Waals surface area contributed by atoms with Crippen LogP contribution in [0.4, 0.5) is 0 Å². The molecule has 17 rings (SSSR count). The van der Waals surface area contributed by atoms with E-state index in [9.17, 15) is 5.26 Å². The molecule has 0 radical (unpaired) electrons. The maximum Gasteiger partial charge on any atom is 0.0995 e. The maximum absolute atomic E-state index is 11.1. The minimum atomic E-state index is 0.0201. The van der Waals surface area contributed by atoms with E-state index in [1.54, 1.807) is 0 Å². The van der Waals surface area contributed by atoms with Crippen LogP contribution < -0.4 is 0 Å². The first-order chi connectivity index (χ1) is 26.8. The van der Waals surface area contributed by atoms with Crippen LogP contribution >= 0.6 is 0 Å². The molecular formula is C50H30N4. The van der Waals surface area contributed by atoms with Crippen LogP contribution in [0.1, 0.15) is 99.6 Å². The van der Waals surface area contributed by atoms with Gasteiger partial charge in [-0.3, -0.25) is 4.98 Å². The Bertz CT molecular complexity index is 3550. The predicted octanol–water partition coefficient (Wildman–Crippen LogP) is 12.0. The second-order valence-corrected chi connectivity index (χ2v) is 16.7. The molecule has 1 fully saturated rings. The lowest BCUT2D eigenvalue weighted by Crippen LogP contribution is -2.28. The summed E-state index contributed by atoms with van der Waals surface area (Å²) in [6.45, 7) is 0. The molecule has 1 saturated carbocycles. The summed E-state index contributed by atoms with van der Waals surface area (Å²) in [6.07, 6.45) is 7.20. The van der Waals surface area contributed by atoms with Crippen LogP contribution in [0.5, 0.6) is 0 Å². The number of rotatable bonds is 0. The molecule has 6 aliphatic rings. The minimum absolute atomic E-state index is 0.0201. The van der Waals surface area contributed by atoms with Crippen LogP contribution in [-0.4, -0.2) is 13.8 Å². The van der Waals surface area contributed by atoms with Crippen LogP contribution in [0, 0.1) is 11.3 Å². The smallest absolute Gasteiger partial charge is 0.0995 e.